The minimum atomic E-state index is -0.388. The Morgan fingerprint density at radius 2 is 2.05 bits per heavy atom. The quantitative estimate of drug-likeness (QED) is 0.915. The van der Waals surface area contributed by atoms with Crippen LogP contribution in [0.2, 0.25) is 5.02 Å². The fourth-order valence-electron chi connectivity index (χ4n) is 2.98. The Kier molecular flexibility index (Phi) is 4.82. The minimum absolute atomic E-state index is 0.113. The predicted octanol–water partition coefficient (Wildman–Crippen LogP) is 3.70. The fourth-order valence-corrected chi connectivity index (χ4v) is 3.10. The van der Waals surface area contributed by atoms with Gasteiger partial charge in [0.15, 0.2) is 0 Å². The molecule has 2 nitrogen and oxygen atoms in total. The zero-order valence-electron chi connectivity index (χ0n) is 11.3. The summed E-state index contributed by atoms with van der Waals surface area (Å²) in [7, 11) is 1.73. The summed E-state index contributed by atoms with van der Waals surface area (Å²) in [5.41, 5.74) is 6.95. The zero-order valence-corrected chi connectivity index (χ0v) is 12.0. The number of methoxy groups -OCH3 is 1. The molecule has 1 atom stereocenters. The van der Waals surface area contributed by atoms with Gasteiger partial charge in [0.2, 0.25) is 0 Å². The normalized spacial score (nSPS) is 20.2. The van der Waals surface area contributed by atoms with Crippen LogP contribution in [0.25, 0.3) is 0 Å². The minimum Gasteiger partial charge on any atom is -0.377 e. The lowest BCUT2D eigenvalue weighted by atomic mass is 9.77. The Morgan fingerprint density at radius 1 is 1.37 bits per heavy atom. The highest BCUT2D eigenvalue weighted by Crippen LogP contribution is 2.34. The molecule has 1 saturated carbocycles. The Labute approximate surface area is 119 Å². The van der Waals surface area contributed by atoms with Crippen molar-refractivity contribution in [2.24, 2.45) is 5.73 Å². The van der Waals surface area contributed by atoms with Gasteiger partial charge < -0.3 is 10.5 Å². The molecule has 0 spiro atoms. The molecule has 2 N–H and O–H groups in total. The molecular formula is C15H21ClFNO. The molecule has 1 aromatic carbocycles. The first-order chi connectivity index (χ1) is 9.07. The number of ether oxygens (including phenoxy) is 1. The number of hydrogen-bond donors (Lipinski definition) is 1. The van der Waals surface area contributed by atoms with E-state index in [0.717, 1.165) is 31.2 Å². The van der Waals surface area contributed by atoms with Crippen LogP contribution in [0.3, 0.4) is 0 Å². The van der Waals surface area contributed by atoms with Crippen molar-refractivity contribution in [3.63, 3.8) is 0 Å². The van der Waals surface area contributed by atoms with Crippen LogP contribution in [0, 0.1) is 5.82 Å². The van der Waals surface area contributed by atoms with E-state index in [1.165, 1.54) is 12.5 Å². The molecule has 0 bridgehead atoms. The van der Waals surface area contributed by atoms with Crippen molar-refractivity contribution in [2.75, 3.05) is 7.11 Å². The summed E-state index contributed by atoms with van der Waals surface area (Å²) in [6.07, 6.45) is 6.13. The number of benzene rings is 1. The van der Waals surface area contributed by atoms with Crippen molar-refractivity contribution in [3.8, 4) is 0 Å². The standard InChI is InChI=1S/C15H21ClFNO/c1-19-15(7-3-2-4-8-15)14(18)10-11-5-6-12(16)13(17)9-11/h5-6,9,14H,2-4,7-8,10,18H2,1H3. The average molecular weight is 286 g/mol. The van der Waals surface area contributed by atoms with Crippen LogP contribution in [0.15, 0.2) is 18.2 Å². The van der Waals surface area contributed by atoms with Crippen LogP contribution in [0.1, 0.15) is 37.7 Å². The SMILES string of the molecule is COC1(C(N)Cc2ccc(Cl)c(F)c2)CCCCC1. The van der Waals surface area contributed by atoms with Gasteiger partial charge in [-0.25, -0.2) is 4.39 Å². The molecule has 106 valence electrons. The average Bonchev–Trinajstić information content (AvgIpc) is 2.43. The van der Waals surface area contributed by atoms with Crippen LogP contribution in [-0.2, 0) is 11.2 Å². The lowest BCUT2D eigenvalue weighted by Crippen LogP contribution is -2.51. The second-order valence-corrected chi connectivity index (χ2v) is 5.80. The number of nitrogens with two attached hydrogens (primary N) is 1. The second kappa shape index (κ2) is 6.21. The van der Waals surface area contributed by atoms with Crippen molar-refractivity contribution in [2.45, 2.75) is 50.2 Å². The van der Waals surface area contributed by atoms with E-state index in [1.54, 1.807) is 13.2 Å². The third-order valence-corrected chi connectivity index (χ3v) is 4.53. The lowest BCUT2D eigenvalue weighted by molar-refractivity contribution is -0.0582. The van der Waals surface area contributed by atoms with Gasteiger partial charge in [0.25, 0.3) is 0 Å². The molecule has 2 rings (SSSR count). The summed E-state index contributed by atoms with van der Waals surface area (Å²) in [5.74, 6) is -0.388. The molecule has 4 heteroatoms. The van der Waals surface area contributed by atoms with Crippen LogP contribution in [0.5, 0.6) is 0 Å². The highest BCUT2D eigenvalue weighted by atomic mass is 35.5. The highest BCUT2D eigenvalue weighted by molar-refractivity contribution is 6.30. The number of rotatable bonds is 4. The predicted molar refractivity (Wildman–Crippen MR) is 75.9 cm³/mol. The largest absolute Gasteiger partial charge is 0.377 e. The molecular weight excluding hydrogens is 265 g/mol. The van der Waals surface area contributed by atoms with Gasteiger partial charge in [-0.2, -0.15) is 0 Å². The van der Waals surface area contributed by atoms with E-state index in [1.807, 2.05) is 6.07 Å². The van der Waals surface area contributed by atoms with Crippen LogP contribution in [-0.4, -0.2) is 18.8 Å². The van der Waals surface area contributed by atoms with Gasteiger partial charge in [0.05, 0.1) is 10.6 Å². The Morgan fingerprint density at radius 3 is 2.63 bits per heavy atom. The molecule has 1 aliphatic carbocycles. The zero-order chi connectivity index (χ0) is 13.9. The third kappa shape index (κ3) is 3.28. The maximum atomic E-state index is 13.4. The van der Waals surface area contributed by atoms with E-state index < -0.39 is 0 Å². The molecule has 0 aromatic heterocycles. The van der Waals surface area contributed by atoms with Gasteiger partial charge in [-0.05, 0) is 37.0 Å². The Hall–Kier alpha value is -0.640. The summed E-state index contributed by atoms with van der Waals surface area (Å²) < 4.78 is 19.2. The van der Waals surface area contributed by atoms with Crippen molar-refractivity contribution >= 4 is 11.6 Å². The van der Waals surface area contributed by atoms with Gasteiger partial charge in [-0.15, -0.1) is 0 Å². The van der Waals surface area contributed by atoms with Crippen LogP contribution >= 0.6 is 11.6 Å². The lowest BCUT2D eigenvalue weighted by Gasteiger charge is -2.41. The number of hydrogen-bond acceptors (Lipinski definition) is 2. The molecule has 1 aliphatic rings. The van der Waals surface area contributed by atoms with E-state index in [4.69, 9.17) is 22.1 Å². The van der Waals surface area contributed by atoms with E-state index in [0.29, 0.717) is 6.42 Å². The molecule has 0 radical (unpaired) electrons. The van der Waals surface area contributed by atoms with Crippen molar-refractivity contribution in [3.05, 3.63) is 34.6 Å². The monoisotopic (exact) mass is 285 g/mol. The molecule has 1 fully saturated rings. The molecule has 0 heterocycles. The van der Waals surface area contributed by atoms with Crippen molar-refractivity contribution < 1.29 is 9.13 Å². The highest BCUT2D eigenvalue weighted by Gasteiger charge is 2.37. The van der Waals surface area contributed by atoms with E-state index in [9.17, 15) is 4.39 Å². The summed E-state index contributed by atoms with van der Waals surface area (Å²) >= 11 is 5.69. The molecule has 19 heavy (non-hydrogen) atoms. The van der Waals surface area contributed by atoms with Crippen molar-refractivity contribution in [1.29, 1.82) is 0 Å². The first-order valence-corrected chi connectivity index (χ1v) is 7.20. The van der Waals surface area contributed by atoms with E-state index >= 15 is 0 Å². The van der Waals surface area contributed by atoms with E-state index in [-0.39, 0.29) is 22.5 Å². The smallest absolute Gasteiger partial charge is 0.142 e. The second-order valence-electron chi connectivity index (χ2n) is 5.39. The van der Waals surface area contributed by atoms with Gasteiger partial charge in [-0.1, -0.05) is 36.9 Å². The van der Waals surface area contributed by atoms with E-state index in [2.05, 4.69) is 0 Å². The Bertz CT molecular complexity index is 432. The van der Waals surface area contributed by atoms with Gasteiger partial charge in [0.1, 0.15) is 5.82 Å². The summed E-state index contributed by atoms with van der Waals surface area (Å²) in [6, 6.07) is 4.77. The van der Waals surface area contributed by atoms with Gasteiger partial charge in [-0.3, -0.25) is 0 Å². The van der Waals surface area contributed by atoms with Crippen LogP contribution in [0.4, 0.5) is 4.39 Å². The maximum absolute atomic E-state index is 13.4. The van der Waals surface area contributed by atoms with Gasteiger partial charge in [0, 0.05) is 13.2 Å². The molecule has 0 aliphatic heterocycles. The first-order valence-electron chi connectivity index (χ1n) is 6.82. The molecule has 1 unspecified atom stereocenters. The molecule has 0 amide bonds. The van der Waals surface area contributed by atoms with Gasteiger partial charge >= 0.3 is 0 Å². The summed E-state index contributed by atoms with van der Waals surface area (Å²) in [5, 5.41) is 0.149. The van der Waals surface area contributed by atoms with Crippen LogP contribution < -0.4 is 5.73 Å². The number of halogens is 2. The van der Waals surface area contributed by atoms with Crippen molar-refractivity contribution in [1.82, 2.24) is 0 Å². The molecule has 0 saturated heterocycles. The summed E-state index contributed by atoms with van der Waals surface area (Å²) in [6.45, 7) is 0. The third-order valence-electron chi connectivity index (χ3n) is 4.22. The summed E-state index contributed by atoms with van der Waals surface area (Å²) in [4.78, 5) is 0. The maximum Gasteiger partial charge on any atom is 0.142 e. The Balaban J connectivity index is 2.10. The molecule has 1 aromatic rings. The first kappa shape index (κ1) is 14.8. The fraction of sp³-hybridized carbons (Fsp3) is 0.600. The topological polar surface area (TPSA) is 35.2 Å².